The summed E-state index contributed by atoms with van der Waals surface area (Å²) in [4.78, 5) is 12.3. The number of nitrogens with zero attached hydrogens (tertiary/aromatic N) is 1. The summed E-state index contributed by atoms with van der Waals surface area (Å²) in [5.41, 5.74) is 1.26. The average molecular weight is 395 g/mol. The van der Waals surface area contributed by atoms with E-state index < -0.39 is 21.7 Å². The zero-order valence-corrected chi connectivity index (χ0v) is 15.2. The molecule has 0 aromatic heterocycles. The van der Waals surface area contributed by atoms with Gasteiger partial charge in [-0.25, -0.2) is 12.8 Å². The van der Waals surface area contributed by atoms with E-state index in [1.807, 2.05) is 6.07 Å². The number of sulfonamides is 1. The number of amides is 1. The summed E-state index contributed by atoms with van der Waals surface area (Å²) in [6.45, 7) is 0. The normalized spacial score (nSPS) is 10.7. The Morgan fingerprint density at radius 3 is 2.21 bits per heavy atom. The Hall–Kier alpha value is -3.70. The molecule has 0 aliphatic heterocycles. The highest BCUT2D eigenvalue weighted by molar-refractivity contribution is 7.92. The van der Waals surface area contributed by atoms with E-state index in [-0.39, 0.29) is 16.1 Å². The minimum Gasteiger partial charge on any atom is -0.321 e. The van der Waals surface area contributed by atoms with E-state index in [4.69, 9.17) is 5.26 Å². The molecule has 1 amide bonds. The van der Waals surface area contributed by atoms with E-state index in [0.29, 0.717) is 11.3 Å². The predicted octanol–water partition coefficient (Wildman–Crippen LogP) is 3.75. The lowest BCUT2D eigenvalue weighted by atomic mass is 10.1. The first-order valence-corrected chi connectivity index (χ1v) is 9.56. The highest BCUT2D eigenvalue weighted by Crippen LogP contribution is 2.19. The molecule has 0 unspecified atom stereocenters. The second-order valence-electron chi connectivity index (χ2n) is 5.75. The van der Waals surface area contributed by atoms with Crippen LogP contribution in [-0.4, -0.2) is 14.3 Å². The third-order valence-electron chi connectivity index (χ3n) is 3.82. The Kier molecular flexibility index (Phi) is 5.38. The van der Waals surface area contributed by atoms with Gasteiger partial charge < -0.3 is 5.32 Å². The Morgan fingerprint density at radius 2 is 1.57 bits per heavy atom. The maximum absolute atomic E-state index is 13.0. The van der Waals surface area contributed by atoms with E-state index in [0.717, 1.165) is 24.3 Å². The van der Waals surface area contributed by atoms with E-state index in [2.05, 4.69) is 10.0 Å². The van der Waals surface area contributed by atoms with Gasteiger partial charge in [-0.2, -0.15) is 5.26 Å². The number of hydrogen-bond acceptors (Lipinski definition) is 4. The molecule has 0 saturated heterocycles. The number of nitrogens with one attached hydrogen (secondary N) is 2. The summed E-state index contributed by atoms with van der Waals surface area (Å²) in [7, 11) is -3.87. The predicted molar refractivity (Wildman–Crippen MR) is 103 cm³/mol. The van der Waals surface area contributed by atoms with Gasteiger partial charge in [0.05, 0.1) is 16.1 Å². The molecular weight excluding hydrogens is 381 g/mol. The summed E-state index contributed by atoms with van der Waals surface area (Å²) in [5.74, 6) is -0.970. The van der Waals surface area contributed by atoms with Crippen LogP contribution in [0.5, 0.6) is 0 Å². The molecule has 0 saturated carbocycles. The maximum atomic E-state index is 13.0. The van der Waals surface area contributed by atoms with Crippen molar-refractivity contribution in [3.8, 4) is 6.07 Å². The number of benzene rings is 3. The van der Waals surface area contributed by atoms with E-state index in [1.54, 1.807) is 24.3 Å². The highest BCUT2D eigenvalue weighted by atomic mass is 32.2. The van der Waals surface area contributed by atoms with Crippen molar-refractivity contribution in [3.05, 3.63) is 89.7 Å². The van der Waals surface area contributed by atoms with Crippen molar-refractivity contribution >= 4 is 27.3 Å². The van der Waals surface area contributed by atoms with Gasteiger partial charge in [-0.05, 0) is 60.7 Å². The largest absolute Gasteiger partial charge is 0.321 e. The lowest BCUT2D eigenvalue weighted by molar-refractivity contribution is 0.102. The first-order chi connectivity index (χ1) is 13.4. The van der Waals surface area contributed by atoms with Crippen LogP contribution in [-0.2, 0) is 10.0 Å². The molecule has 0 bridgehead atoms. The molecule has 6 nitrogen and oxygen atoms in total. The molecule has 0 aliphatic rings. The van der Waals surface area contributed by atoms with Gasteiger partial charge in [-0.1, -0.05) is 12.1 Å². The lowest BCUT2D eigenvalue weighted by Crippen LogP contribution is -2.14. The van der Waals surface area contributed by atoms with Crippen molar-refractivity contribution in [1.82, 2.24) is 0 Å². The monoisotopic (exact) mass is 395 g/mol. The number of carbonyl (C=O) groups is 1. The smallest absolute Gasteiger partial charge is 0.261 e. The van der Waals surface area contributed by atoms with Crippen molar-refractivity contribution < 1.29 is 17.6 Å². The number of nitriles is 1. The Morgan fingerprint density at radius 1 is 0.929 bits per heavy atom. The van der Waals surface area contributed by atoms with Gasteiger partial charge in [0.25, 0.3) is 15.9 Å². The van der Waals surface area contributed by atoms with Crippen LogP contribution in [0.4, 0.5) is 15.8 Å². The van der Waals surface area contributed by atoms with Gasteiger partial charge in [0, 0.05) is 11.3 Å². The minimum atomic E-state index is -3.87. The maximum Gasteiger partial charge on any atom is 0.261 e. The average Bonchev–Trinajstić information content (AvgIpc) is 2.69. The fraction of sp³-hybridized carbons (Fsp3) is 0. The first kappa shape index (κ1) is 19.1. The van der Waals surface area contributed by atoms with Crippen LogP contribution in [0.2, 0.25) is 0 Å². The molecular formula is C20H14FN3O3S. The number of para-hydroxylation sites is 1. The van der Waals surface area contributed by atoms with E-state index in [9.17, 15) is 17.6 Å². The van der Waals surface area contributed by atoms with Crippen LogP contribution < -0.4 is 10.0 Å². The van der Waals surface area contributed by atoms with Crippen LogP contribution in [0, 0.1) is 17.1 Å². The molecule has 140 valence electrons. The molecule has 0 atom stereocenters. The zero-order valence-electron chi connectivity index (χ0n) is 14.4. The Labute approximate surface area is 161 Å². The van der Waals surface area contributed by atoms with Crippen molar-refractivity contribution in [2.45, 2.75) is 4.90 Å². The molecule has 3 aromatic rings. The van der Waals surface area contributed by atoms with Crippen molar-refractivity contribution in [2.24, 2.45) is 0 Å². The fourth-order valence-corrected chi connectivity index (χ4v) is 3.46. The molecule has 0 fully saturated rings. The molecule has 0 radical (unpaired) electrons. The molecule has 3 aromatic carbocycles. The molecule has 28 heavy (non-hydrogen) atoms. The standard InChI is InChI=1S/C20H14FN3O3S/c21-16-7-11-18(12-8-16)28(26,27)24-17-9-5-14(6-10-17)20(25)23-19-4-2-1-3-15(19)13-22/h1-12,24H,(H,23,25). The first-order valence-electron chi connectivity index (χ1n) is 8.08. The number of anilines is 2. The van der Waals surface area contributed by atoms with E-state index >= 15 is 0 Å². The molecule has 8 heteroatoms. The zero-order chi connectivity index (χ0) is 20.1. The van der Waals surface area contributed by atoms with Gasteiger partial charge in [-0.3, -0.25) is 9.52 Å². The molecule has 0 aliphatic carbocycles. The SMILES string of the molecule is N#Cc1ccccc1NC(=O)c1ccc(NS(=O)(=O)c2ccc(F)cc2)cc1. The number of hydrogen-bond donors (Lipinski definition) is 2. The summed E-state index contributed by atoms with van der Waals surface area (Å²) in [5, 5.41) is 11.7. The van der Waals surface area contributed by atoms with E-state index in [1.165, 1.54) is 24.3 Å². The van der Waals surface area contributed by atoms with Crippen molar-refractivity contribution in [1.29, 1.82) is 5.26 Å². The quantitative estimate of drug-likeness (QED) is 0.687. The van der Waals surface area contributed by atoms with Crippen LogP contribution in [0.1, 0.15) is 15.9 Å². The van der Waals surface area contributed by atoms with Crippen LogP contribution in [0.15, 0.2) is 77.7 Å². The summed E-state index contributed by atoms with van der Waals surface area (Å²) < 4.78 is 39.9. The van der Waals surface area contributed by atoms with Crippen LogP contribution in [0.25, 0.3) is 0 Å². The van der Waals surface area contributed by atoms with Crippen LogP contribution in [0.3, 0.4) is 0 Å². The summed E-state index contributed by atoms with van der Waals surface area (Å²) >= 11 is 0. The van der Waals surface area contributed by atoms with Gasteiger partial charge in [0.2, 0.25) is 0 Å². The van der Waals surface area contributed by atoms with Gasteiger partial charge in [0.1, 0.15) is 11.9 Å². The molecule has 2 N–H and O–H groups in total. The Bertz CT molecular complexity index is 1150. The van der Waals surface area contributed by atoms with Crippen LogP contribution >= 0.6 is 0 Å². The topological polar surface area (TPSA) is 99.1 Å². The molecule has 3 rings (SSSR count). The third-order valence-corrected chi connectivity index (χ3v) is 5.22. The van der Waals surface area contributed by atoms with Gasteiger partial charge >= 0.3 is 0 Å². The molecule has 0 heterocycles. The number of carbonyl (C=O) groups excluding carboxylic acids is 1. The van der Waals surface area contributed by atoms with Gasteiger partial charge in [-0.15, -0.1) is 0 Å². The Balaban J connectivity index is 1.73. The second-order valence-corrected chi connectivity index (χ2v) is 7.43. The number of halogens is 1. The van der Waals surface area contributed by atoms with Crippen molar-refractivity contribution in [2.75, 3.05) is 10.0 Å². The second kappa shape index (κ2) is 7.90. The highest BCUT2D eigenvalue weighted by Gasteiger charge is 2.15. The third kappa shape index (κ3) is 4.34. The summed E-state index contributed by atoms with van der Waals surface area (Å²) in [6.07, 6.45) is 0. The van der Waals surface area contributed by atoms with Crippen molar-refractivity contribution in [3.63, 3.8) is 0 Å². The lowest BCUT2D eigenvalue weighted by Gasteiger charge is -2.10. The van der Waals surface area contributed by atoms with Gasteiger partial charge in [0.15, 0.2) is 0 Å². The fourth-order valence-electron chi connectivity index (χ4n) is 2.40. The summed E-state index contributed by atoms with van der Waals surface area (Å²) in [6, 6.07) is 18.8. The minimum absolute atomic E-state index is 0.0798. The molecule has 0 spiro atoms. The number of rotatable bonds is 5.